The minimum atomic E-state index is -0.108. The molecule has 0 atom stereocenters. The number of ether oxygens (including phenoxy) is 2. The summed E-state index contributed by atoms with van der Waals surface area (Å²) in [6.45, 7) is 5.50. The van der Waals surface area contributed by atoms with E-state index in [1.54, 1.807) is 38.4 Å². The normalized spacial score (nSPS) is 10.7. The number of unbranched alkanes of at least 4 members (excludes halogenated alkanes) is 1. The molecule has 1 amide bonds. The second-order valence-corrected chi connectivity index (χ2v) is 5.31. The third-order valence-corrected chi connectivity index (χ3v) is 3.49. The number of hydrogen-bond acceptors (Lipinski definition) is 4. The Balaban J connectivity index is 0.00000625. The third kappa shape index (κ3) is 10.4. The topological polar surface area (TPSA) is 84.0 Å². The van der Waals surface area contributed by atoms with Crippen LogP contribution in [0.15, 0.2) is 29.3 Å². The molecule has 3 N–H and O–H groups in total. The number of nitrogens with zero attached hydrogens (tertiary/aromatic N) is 1. The Morgan fingerprint density at radius 2 is 1.69 bits per heavy atom. The van der Waals surface area contributed by atoms with Crippen LogP contribution in [0, 0.1) is 0 Å². The number of amides is 1. The average molecular weight is 478 g/mol. The summed E-state index contributed by atoms with van der Waals surface area (Å²) in [6, 6.07) is 7.02. The van der Waals surface area contributed by atoms with E-state index in [9.17, 15) is 4.79 Å². The van der Waals surface area contributed by atoms with Crippen molar-refractivity contribution >= 4 is 35.8 Å². The monoisotopic (exact) mass is 478 g/mol. The van der Waals surface area contributed by atoms with Crippen molar-refractivity contribution in [1.29, 1.82) is 0 Å². The molecule has 0 saturated heterocycles. The van der Waals surface area contributed by atoms with Crippen molar-refractivity contribution in [1.82, 2.24) is 16.0 Å². The van der Waals surface area contributed by atoms with Gasteiger partial charge in [-0.3, -0.25) is 9.79 Å². The van der Waals surface area contributed by atoms with Gasteiger partial charge in [0.2, 0.25) is 0 Å². The molecular formula is C18H31IN4O3. The Bertz CT molecular complexity index is 524. The molecule has 0 aliphatic rings. The maximum Gasteiger partial charge on any atom is 0.251 e. The Morgan fingerprint density at radius 1 is 1.04 bits per heavy atom. The molecule has 148 valence electrons. The molecule has 0 radical (unpaired) electrons. The lowest BCUT2D eigenvalue weighted by molar-refractivity contribution is 0.0954. The SMILES string of the molecule is CCOCCCCNC(=NC)NCCNC(=O)c1ccc(OC)cc1.I. The lowest BCUT2D eigenvalue weighted by Crippen LogP contribution is -2.41. The number of benzene rings is 1. The van der Waals surface area contributed by atoms with Crippen LogP contribution in [0.2, 0.25) is 0 Å². The molecule has 1 aromatic rings. The molecule has 8 heteroatoms. The van der Waals surface area contributed by atoms with Crippen molar-refractivity contribution < 1.29 is 14.3 Å². The number of guanidine groups is 1. The van der Waals surface area contributed by atoms with Gasteiger partial charge < -0.3 is 25.4 Å². The fraction of sp³-hybridized carbons (Fsp3) is 0.556. The van der Waals surface area contributed by atoms with Crippen LogP contribution in [0.4, 0.5) is 0 Å². The summed E-state index contributed by atoms with van der Waals surface area (Å²) in [5.74, 6) is 1.35. The van der Waals surface area contributed by atoms with Gasteiger partial charge in [-0.05, 0) is 44.0 Å². The van der Waals surface area contributed by atoms with Crippen LogP contribution in [-0.2, 0) is 4.74 Å². The molecule has 1 rings (SSSR count). The van der Waals surface area contributed by atoms with Crippen LogP contribution < -0.4 is 20.7 Å². The van der Waals surface area contributed by atoms with Crippen LogP contribution in [0.5, 0.6) is 5.75 Å². The zero-order valence-electron chi connectivity index (χ0n) is 15.8. The summed E-state index contributed by atoms with van der Waals surface area (Å²) in [4.78, 5) is 16.2. The van der Waals surface area contributed by atoms with Gasteiger partial charge in [0.25, 0.3) is 5.91 Å². The van der Waals surface area contributed by atoms with E-state index in [0.717, 1.165) is 44.3 Å². The van der Waals surface area contributed by atoms with Crippen molar-refractivity contribution in [3.63, 3.8) is 0 Å². The second kappa shape index (κ2) is 15.7. The molecule has 0 saturated carbocycles. The number of carbonyl (C=O) groups is 1. The van der Waals surface area contributed by atoms with Gasteiger partial charge in [0.05, 0.1) is 7.11 Å². The summed E-state index contributed by atoms with van der Waals surface area (Å²) in [6.07, 6.45) is 2.05. The molecule has 0 unspecified atom stereocenters. The van der Waals surface area contributed by atoms with E-state index in [4.69, 9.17) is 9.47 Å². The highest BCUT2D eigenvalue weighted by atomic mass is 127. The largest absolute Gasteiger partial charge is 0.497 e. The summed E-state index contributed by atoms with van der Waals surface area (Å²) >= 11 is 0. The maximum atomic E-state index is 12.0. The van der Waals surface area contributed by atoms with Crippen LogP contribution >= 0.6 is 24.0 Å². The van der Waals surface area contributed by atoms with E-state index in [1.807, 2.05) is 6.92 Å². The molecule has 0 fully saturated rings. The zero-order chi connectivity index (χ0) is 18.3. The molecule has 1 aromatic carbocycles. The highest BCUT2D eigenvalue weighted by Gasteiger charge is 2.05. The first kappa shape index (κ1) is 24.5. The molecule has 0 bridgehead atoms. The van der Waals surface area contributed by atoms with E-state index in [1.165, 1.54) is 0 Å². The van der Waals surface area contributed by atoms with Gasteiger partial charge in [-0.1, -0.05) is 0 Å². The summed E-state index contributed by atoms with van der Waals surface area (Å²) in [5.41, 5.74) is 0.609. The standard InChI is InChI=1S/C18H30N4O3.HI/c1-4-25-14-6-5-11-21-18(19-2)22-13-12-20-17(23)15-7-9-16(24-3)10-8-15;/h7-10H,4-6,11-14H2,1-3H3,(H,20,23)(H2,19,21,22);1H. The highest BCUT2D eigenvalue weighted by Crippen LogP contribution is 2.10. The molecule has 0 aliphatic carbocycles. The lowest BCUT2D eigenvalue weighted by atomic mass is 10.2. The highest BCUT2D eigenvalue weighted by molar-refractivity contribution is 14.0. The molecule has 0 heterocycles. The first-order valence-corrected chi connectivity index (χ1v) is 8.65. The smallest absolute Gasteiger partial charge is 0.251 e. The fourth-order valence-electron chi connectivity index (χ4n) is 2.10. The predicted molar refractivity (Wildman–Crippen MR) is 116 cm³/mol. The van der Waals surface area contributed by atoms with Gasteiger partial charge >= 0.3 is 0 Å². The fourth-order valence-corrected chi connectivity index (χ4v) is 2.10. The Morgan fingerprint density at radius 3 is 2.31 bits per heavy atom. The maximum absolute atomic E-state index is 12.0. The van der Waals surface area contributed by atoms with Gasteiger partial charge in [0.1, 0.15) is 5.75 Å². The number of halogens is 1. The van der Waals surface area contributed by atoms with E-state index in [0.29, 0.717) is 18.7 Å². The van der Waals surface area contributed by atoms with Crippen molar-refractivity contribution in [2.45, 2.75) is 19.8 Å². The second-order valence-electron chi connectivity index (χ2n) is 5.31. The van der Waals surface area contributed by atoms with Gasteiger partial charge in [-0.15, -0.1) is 24.0 Å². The van der Waals surface area contributed by atoms with Crippen LogP contribution in [-0.4, -0.2) is 58.9 Å². The Kier molecular flexibility index (Phi) is 14.8. The summed E-state index contributed by atoms with van der Waals surface area (Å²) < 4.78 is 10.4. The lowest BCUT2D eigenvalue weighted by Gasteiger charge is -2.12. The summed E-state index contributed by atoms with van der Waals surface area (Å²) in [5, 5.41) is 9.27. The van der Waals surface area contributed by atoms with Gasteiger partial charge in [-0.25, -0.2) is 0 Å². The Labute approximate surface area is 173 Å². The van der Waals surface area contributed by atoms with E-state index in [-0.39, 0.29) is 29.9 Å². The molecule has 0 aliphatic heterocycles. The number of nitrogens with one attached hydrogen (secondary N) is 3. The van der Waals surface area contributed by atoms with E-state index >= 15 is 0 Å². The molecule has 26 heavy (non-hydrogen) atoms. The van der Waals surface area contributed by atoms with Gasteiger partial charge in [-0.2, -0.15) is 0 Å². The molecular weight excluding hydrogens is 447 g/mol. The quantitative estimate of drug-likeness (QED) is 0.196. The van der Waals surface area contributed by atoms with Gasteiger partial charge in [0.15, 0.2) is 5.96 Å². The van der Waals surface area contributed by atoms with Crippen molar-refractivity contribution in [2.24, 2.45) is 4.99 Å². The number of methoxy groups -OCH3 is 1. The number of rotatable bonds is 11. The molecule has 0 aromatic heterocycles. The minimum absolute atomic E-state index is 0. The van der Waals surface area contributed by atoms with E-state index < -0.39 is 0 Å². The zero-order valence-corrected chi connectivity index (χ0v) is 18.2. The van der Waals surface area contributed by atoms with Crippen molar-refractivity contribution in [3.05, 3.63) is 29.8 Å². The molecule has 7 nitrogen and oxygen atoms in total. The predicted octanol–water partition coefficient (Wildman–Crippen LogP) is 2.02. The average Bonchev–Trinajstić information content (AvgIpc) is 2.66. The van der Waals surface area contributed by atoms with Crippen molar-refractivity contribution in [3.8, 4) is 5.75 Å². The van der Waals surface area contributed by atoms with Crippen LogP contribution in [0.25, 0.3) is 0 Å². The van der Waals surface area contributed by atoms with Gasteiger partial charge in [0, 0.05) is 45.5 Å². The van der Waals surface area contributed by atoms with Crippen molar-refractivity contribution in [2.75, 3.05) is 47.0 Å². The summed E-state index contributed by atoms with van der Waals surface area (Å²) in [7, 11) is 3.33. The number of carbonyl (C=O) groups excluding carboxylic acids is 1. The Hall–Kier alpha value is -1.55. The van der Waals surface area contributed by atoms with Crippen LogP contribution in [0.3, 0.4) is 0 Å². The first-order valence-electron chi connectivity index (χ1n) is 8.65. The number of hydrogen-bond donors (Lipinski definition) is 3. The van der Waals surface area contributed by atoms with E-state index in [2.05, 4.69) is 20.9 Å². The third-order valence-electron chi connectivity index (χ3n) is 3.49. The number of aliphatic imine (C=N–C) groups is 1. The molecule has 0 spiro atoms. The minimum Gasteiger partial charge on any atom is -0.497 e. The van der Waals surface area contributed by atoms with Crippen LogP contribution in [0.1, 0.15) is 30.1 Å². The first-order chi connectivity index (χ1) is 12.2.